The molecule has 2 N–H and O–H groups in total. The predicted octanol–water partition coefficient (Wildman–Crippen LogP) is 3.04. The summed E-state index contributed by atoms with van der Waals surface area (Å²) in [5, 5.41) is 4.40. The molecule has 5 heteroatoms. The third-order valence-electron chi connectivity index (χ3n) is 3.52. The SMILES string of the molecule is CCCn1c(C)nc(-c2cnn(-c3ccccc3)c2)c1N. The van der Waals surface area contributed by atoms with Gasteiger partial charge in [-0.2, -0.15) is 5.10 Å². The molecule has 0 radical (unpaired) electrons. The maximum Gasteiger partial charge on any atom is 0.131 e. The van der Waals surface area contributed by atoms with Crippen LogP contribution >= 0.6 is 0 Å². The Morgan fingerprint density at radius 2 is 1.95 bits per heavy atom. The molecule has 5 nitrogen and oxygen atoms in total. The Kier molecular flexibility index (Phi) is 3.48. The molecule has 0 saturated carbocycles. The lowest BCUT2D eigenvalue weighted by atomic mass is 10.2. The van der Waals surface area contributed by atoms with Gasteiger partial charge in [0, 0.05) is 18.3 Å². The van der Waals surface area contributed by atoms with Gasteiger partial charge in [-0.1, -0.05) is 25.1 Å². The fourth-order valence-electron chi connectivity index (χ4n) is 2.47. The molecule has 0 saturated heterocycles. The van der Waals surface area contributed by atoms with Gasteiger partial charge in [0.1, 0.15) is 17.3 Å². The number of para-hydroxylation sites is 1. The lowest BCUT2D eigenvalue weighted by Gasteiger charge is -2.04. The lowest BCUT2D eigenvalue weighted by molar-refractivity contribution is 0.665. The minimum Gasteiger partial charge on any atom is -0.383 e. The molecule has 0 atom stereocenters. The highest BCUT2D eigenvalue weighted by molar-refractivity contribution is 5.70. The molecule has 21 heavy (non-hydrogen) atoms. The Morgan fingerprint density at radius 3 is 2.67 bits per heavy atom. The lowest BCUT2D eigenvalue weighted by Crippen LogP contribution is -2.04. The number of nitrogen functional groups attached to an aromatic ring is 1. The zero-order valence-electron chi connectivity index (χ0n) is 12.3. The molecule has 0 bridgehead atoms. The minimum absolute atomic E-state index is 0.710. The molecule has 0 aliphatic heterocycles. The van der Waals surface area contributed by atoms with E-state index >= 15 is 0 Å². The largest absolute Gasteiger partial charge is 0.383 e. The first-order chi connectivity index (χ1) is 10.2. The Labute approximate surface area is 124 Å². The number of anilines is 1. The second-order valence-corrected chi connectivity index (χ2v) is 5.05. The zero-order chi connectivity index (χ0) is 14.8. The molecule has 0 unspecified atom stereocenters. The van der Waals surface area contributed by atoms with Crippen LogP contribution in [-0.4, -0.2) is 19.3 Å². The molecule has 3 rings (SSSR count). The van der Waals surface area contributed by atoms with Gasteiger partial charge in [-0.25, -0.2) is 9.67 Å². The van der Waals surface area contributed by atoms with E-state index in [1.807, 2.05) is 48.1 Å². The summed E-state index contributed by atoms with van der Waals surface area (Å²) >= 11 is 0. The fourth-order valence-corrected chi connectivity index (χ4v) is 2.47. The van der Waals surface area contributed by atoms with Crippen molar-refractivity contribution in [3.63, 3.8) is 0 Å². The van der Waals surface area contributed by atoms with Gasteiger partial charge in [0.15, 0.2) is 0 Å². The van der Waals surface area contributed by atoms with Gasteiger partial charge in [-0.15, -0.1) is 0 Å². The molecular formula is C16H19N5. The number of hydrogen-bond donors (Lipinski definition) is 1. The number of benzene rings is 1. The maximum atomic E-state index is 6.23. The zero-order valence-corrected chi connectivity index (χ0v) is 12.3. The fraction of sp³-hybridized carbons (Fsp3) is 0.250. The summed E-state index contributed by atoms with van der Waals surface area (Å²) in [6.07, 6.45) is 4.80. The van der Waals surface area contributed by atoms with Crippen LogP contribution in [0.3, 0.4) is 0 Å². The third kappa shape index (κ3) is 2.42. The van der Waals surface area contributed by atoms with E-state index in [-0.39, 0.29) is 0 Å². The standard InChI is InChI=1S/C16H19N5/c1-3-9-20-12(2)19-15(16(20)17)13-10-18-21(11-13)14-7-5-4-6-8-14/h4-8,10-11H,3,9,17H2,1-2H3. The Bertz CT molecular complexity index is 739. The number of aromatic nitrogens is 4. The normalized spacial score (nSPS) is 11.0. The predicted molar refractivity (Wildman–Crippen MR) is 84.2 cm³/mol. The van der Waals surface area contributed by atoms with Gasteiger partial charge in [-0.3, -0.25) is 0 Å². The highest BCUT2D eigenvalue weighted by Gasteiger charge is 2.14. The van der Waals surface area contributed by atoms with E-state index in [1.165, 1.54) is 0 Å². The van der Waals surface area contributed by atoms with Crippen molar-refractivity contribution < 1.29 is 0 Å². The van der Waals surface area contributed by atoms with Crippen LogP contribution in [0.2, 0.25) is 0 Å². The summed E-state index contributed by atoms with van der Waals surface area (Å²) < 4.78 is 3.89. The van der Waals surface area contributed by atoms with E-state index in [0.29, 0.717) is 5.82 Å². The third-order valence-corrected chi connectivity index (χ3v) is 3.52. The van der Waals surface area contributed by atoms with Crippen molar-refractivity contribution in [3.05, 3.63) is 48.5 Å². The molecular weight excluding hydrogens is 262 g/mol. The number of aryl methyl sites for hydroxylation is 1. The van der Waals surface area contributed by atoms with Crippen molar-refractivity contribution in [3.8, 4) is 16.9 Å². The minimum atomic E-state index is 0.710. The number of rotatable bonds is 4. The van der Waals surface area contributed by atoms with E-state index in [4.69, 9.17) is 5.73 Å². The summed E-state index contributed by atoms with van der Waals surface area (Å²) in [5.74, 6) is 1.65. The van der Waals surface area contributed by atoms with Gasteiger partial charge >= 0.3 is 0 Å². The van der Waals surface area contributed by atoms with Crippen LogP contribution in [0.25, 0.3) is 16.9 Å². The van der Waals surface area contributed by atoms with Crippen LogP contribution in [0.4, 0.5) is 5.82 Å². The number of nitrogens with two attached hydrogens (primary N) is 1. The number of nitrogens with zero attached hydrogens (tertiary/aromatic N) is 4. The van der Waals surface area contributed by atoms with Crippen molar-refractivity contribution in [2.24, 2.45) is 0 Å². The quantitative estimate of drug-likeness (QED) is 0.799. The van der Waals surface area contributed by atoms with Crippen LogP contribution in [-0.2, 0) is 6.54 Å². The van der Waals surface area contributed by atoms with Gasteiger partial charge in [0.2, 0.25) is 0 Å². The van der Waals surface area contributed by atoms with Crippen LogP contribution < -0.4 is 5.73 Å². The van der Waals surface area contributed by atoms with E-state index in [2.05, 4.69) is 21.6 Å². The first-order valence-electron chi connectivity index (χ1n) is 7.13. The van der Waals surface area contributed by atoms with Crippen LogP contribution in [0.5, 0.6) is 0 Å². The van der Waals surface area contributed by atoms with Crippen LogP contribution in [0.15, 0.2) is 42.7 Å². The first kappa shape index (κ1) is 13.4. The summed E-state index contributed by atoms with van der Waals surface area (Å²) in [7, 11) is 0. The molecule has 1 aromatic carbocycles. The molecule has 108 valence electrons. The van der Waals surface area contributed by atoms with E-state index < -0.39 is 0 Å². The summed E-state index contributed by atoms with van der Waals surface area (Å²) in [5.41, 5.74) is 9.00. The van der Waals surface area contributed by atoms with Crippen molar-refractivity contribution >= 4 is 5.82 Å². The second kappa shape index (κ2) is 5.44. The average Bonchev–Trinajstić information content (AvgIpc) is 3.09. The second-order valence-electron chi connectivity index (χ2n) is 5.05. The van der Waals surface area contributed by atoms with Crippen molar-refractivity contribution in [1.29, 1.82) is 0 Å². The highest BCUT2D eigenvalue weighted by Crippen LogP contribution is 2.26. The first-order valence-corrected chi connectivity index (χ1v) is 7.13. The van der Waals surface area contributed by atoms with Crippen LogP contribution in [0.1, 0.15) is 19.2 Å². The maximum absolute atomic E-state index is 6.23. The summed E-state index contributed by atoms with van der Waals surface area (Å²) in [6, 6.07) is 10.0. The van der Waals surface area contributed by atoms with E-state index in [0.717, 1.165) is 35.7 Å². The number of hydrogen-bond acceptors (Lipinski definition) is 3. The molecule has 0 amide bonds. The smallest absolute Gasteiger partial charge is 0.131 e. The molecule has 0 aliphatic rings. The van der Waals surface area contributed by atoms with Gasteiger partial charge in [-0.05, 0) is 25.5 Å². The van der Waals surface area contributed by atoms with Crippen molar-refractivity contribution in [1.82, 2.24) is 19.3 Å². The van der Waals surface area contributed by atoms with Gasteiger partial charge in [0.25, 0.3) is 0 Å². The summed E-state index contributed by atoms with van der Waals surface area (Å²) in [4.78, 5) is 4.59. The van der Waals surface area contributed by atoms with E-state index in [9.17, 15) is 0 Å². The molecule has 0 spiro atoms. The Hall–Kier alpha value is -2.56. The van der Waals surface area contributed by atoms with Gasteiger partial charge < -0.3 is 10.3 Å². The monoisotopic (exact) mass is 281 g/mol. The van der Waals surface area contributed by atoms with Gasteiger partial charge in [0.05, 0.1) is 11.9 Å². The van der Waals surface area contributed by atoms with E-state index in [1.54, 1.807) is 6.20 Å². The van der Waals surface area contributed by atoms with Crippen molar-refractivity contribution in [2.75, 3.05) is 5.73 Å². The summed E-state index contributed by atoms with van der Waals surface area (Å²) in [6.45, 7) is 5.00. The van der Waals surface area contributed by atoms with Crippen LogP contribution in [0, 0.1) is 6.92 Å². The molecule has 0 aliphatic carbocycles. The molecule has 2 aromatic heterocycles. The molecule has 3 aromatic rings. The Balaban J connectivity index is 1.99. The van der Waals surface area contributed by atoms with Crippen molar-refractivity contribution in [2.45, 2.75) is 26.8 Å². The molecule has 0 fully saturated rings. The Morgan fingerprint density at radius 1 is 1.19 bits per heavy atom. The number of imidazole rings is 1. The topological polar surface area (TPSA) is 61.7 Å². The highest BCUT2D eigenvalue weighted by atomic mass is 15.3. The average molecular weight is 281 g/mol. The molecule has 2 heterocycles.